The van der Waals surface area contributed by atoms with Crippen molar-refractivity contribution in [3.8, 4) is 5.75 Å². The molecule has 1 heterocycles. The van der Waals surface area contributed by atoms with Crippen LogP contribution >= 0.6 is 0 Å². The lowest BCUT2D eigenvalue weighted by Crippen LogP contribution is -2.51. The Morgan fingerprint density at radius 3 is 2.53 bits per heavy atom. The molecule has 1 spiro atoms. The second-order valence-corrected chi connectivity index (χ2v) is 7.67. The van der Waals surface area contributed by atoms with Crippen LogP contribution in [0.5, 0.6) is 5.75 Å². The largest absolute Gasteiger partial charge is 0.494 e. The van der Waals surface area contributed by atoms with Gasteiger partial charge in [-0.05, 0) is 38.3 Å². The minimum Gasteiger partial charge on any atom is -0.494 e. The van der Waals surface area contributed by atoms with Crippen LogP contribution in [-0.2, 0) is 19.1 Å². The van der Waals surface area contributed by atoms with Crippen LogP contribution in [0.3, 0.4) is 0 Å². The lowest BCUT2D eigenvalue weighted by atomic mass is 9.82. The summed E-state index contributed by atoms with van der Waals surface area (Å²) in [5.41, 5.74) is 2.44. The molecule has 0 bridgehead atoms. The molecule has 1 aromatic rings. The van der Waals surface area contributed by atoms with Crippen molar-refractivity contribution in [1.82, 2.24) is 15.8 Å². The Hall–Kier alpha value is -3.10. The number of carbonyl (C=O) groups is 4. The highest BCUT2D eigenvalue weighted by molar-refractivity contribution is 6.08. The number of rotatable bonds is 8. The third-order valence-corrected chi connectivity index (χ3v) is 5.28. The fourth-order valence-corrected chi connectivity index (χ4v) is 3.63. The molecule has 1 aliphatic carbocycles. The van der Waals surface area contributed by atoms with Gasteiger partial charge in [-0.1, -0.05) is 37.0 Å². The van der Waals surface area contributed by atoms with E-state index in [1.807, 2.05) is 31.2 Å². The number of urea groups is 1. The summed E-state index contributed by atoms with van der Waals surface area (Å²) in [7, 11) is 0. The van der Waals surface area contributed by atoms with E-state index in [1.165, 1.54) is 0 Å². The van der Waals surface area contributed by atoms with Crippen LogP contribution < -0.4 is 15.5 Å². The van der Waals surface area contributed by atoms with Crippen LogP contribution in [0.1, 0.15) is 50.5 Å². The first-order valence-corrected chi connectivity index (χ1v) is 10.2. The number of carbonyl (C=O) groups excluding carboxylic acids is 4. The molecular formula is C21H27N3O6. The lowest BCUT2D eigenvalue weighted by molar-refractivity contribution is -0.151. The van der Waals surface area contributed by atoms with E-state index in [0.29, 0.717) is 30.9 Å². The Kier molecular flexibility index (Phi) is 6.91. The van der Waals surface area contributed by atoms with Gasteiger partial charge in [0.25, 0.3) is 11.8 Å². The lowest BCUT2D eigenvalue weighted by Gasteiger charge is -2.30. The van der Waals surface area contributed by atoms with Crippen LogP contribution in [0.15, 0.2) is 24.3 Å². The molecule has 9 nitrogen and oxygen atoms in total. The normalized spacial score (nSPS) is 17.6. The van der Waals surface area contributed by atoms with Crippen molar-refractivity contribution in [3.63, 3.8) is 0 Å². The van der Waals surface area contributed by atoms with E-state index in [1.54, 1.807) is 0 Å². The Morgan fingerprint density at radius 1 is 1.13 bits per heavy atom. The molecule has 1 saturated carbocycles. The zero-order valence-electron chi connectivity index (χ0n) is 17.1. The van der Waals surface area contributed by atoms with Crippen molar-refractivity contribution in [3.05, 3.63) is 29.8 Å². The maximum Gasteiger partial charge on any atom is 0.344 e. The summed E-state index contributed by atoms with van der Waals surface area (Å²) in [5.74, 6) is -1.04. The number of ether oxygens (including phenoxy) is 2. The van der Waals surface area contributed by atoms with Crippen LogP contribution in [0.25, 0.3) is 0 Å². The number of hydrogen-bond donors (Lipinski definition) is 2. The van der Waals surface area contributed by atoms with Gasteiger partial charge in [0.2, 0.25) is 0 Å². The SMILES string of the molecule is Cc1ccc(OCCCC(=O)OCC(=O)NN2C(=O)NC3(CCCCC3)C2=O)cc1. The molecule has 1 aromatic carbocycles. The second-order valence-electron chi connectivity index (χ2n) is 7.67. The smallest absolute Gasteiger partial charge is 0.344 e. The molecule has 1 aliphatic heterocycles. The molecule has 4 amide bonds. The van der Waals surface area contributed by atoms with Gasteiger partial charge in [0.1, 0.15) is 11.3 Å². The van der Waals surface area contributed by atoms with Gasteiger partial charge in [-0.15, -0.1) is 0 Å². The molecule has 0 radical (unpaired) electrons. The highest BCUT2D eigenvalue weighted by Crippen LogP contribution is 2.32. The van der Waals surface area contributed by atoms with E-state index in [4.69, 9.17) is 9.47 Å². The topological polar surface area (TPSA) is 114 Å². The van der Waals surface area contributed by atoms with Gasteiger partial charge in [-0.3, -0.25) is 19.8 Å². The summed E-state index contributed by atoms with van der Waals surface area (Å²) in [4.78, 5) is 48.5. The first kappa shape index (κ1) is 21.6. The van der Waals surface area contributed by atoms with Gasteiger partial charge < -0.3 is 14.8 Å². The summed E-state index contributed by atoms with van der Waals surface area (Å²) < 4.78 is 10.4. The van der Waals surface area contributed by atoms with Gasteiger partial charge in [0, 0.05) is 6.42 Å². The molecule has 1 saturated heterocycles. The van der Waals surface area contributed by atoms with Crippen LogP contribution in [0.4, 0.5) is 4.79 Å². The molecule has 2 fully saturated rings. The first-order valence-electron chi connectivity index (χ1n) is 10.2. The molecule has 2 N–H and O–H groups in total. The molecule has 2 aliphatic rings. The van der Waals surface area contributed by atoms with Gasteiger partial charge >= 0.3 is 12.0 Å². The summed E-state index contributed by atoms with van der Waals surface area (Å²) in [5, 5.41) is 3.38. The first-order chi connectivity index (χ1) is 14.4. The minimum absolute atomic E-state index is 0.0887. The van der Waals surface area contributed by atoms with E-state index >= 15 is 0 Å². The Labute approximate surface area is 175 Å². The van der Waals surface area contributed by atoms with Crippen molar-refractivity contribution >= 4 is 23.8 Å². The number of aryl methyl sites for hydroxylation is 1. The molecule has 162 valence electrons. The summed E-state index contributed by atoms with van der Waals surface area (Å²) in [6.45, 7) is 1.76. The monoisotopic (exact) mass is 417 g/mol. The van der Waals surface area contributed by atoms with E-state index in [0.717, 1.165) is 30.6 Å². The number of hydrogen-bond acceptors (Lipinski definition) is 6. The molecule has 0 aromatic heterocycles. The quantitative estimate of drug-likeness (QED) is 0.380. The molecular weight excluding hydrogens is 390 g/mol. The Bertz CT molecular complexity index is 801. The number of benzene rings is 1. The van der Waals surface area contributed by atoms with Gasteiger partial charge in [-0.25, -0.2) is 4.79 Å². The van der Waals surface area contributed by atoms with E-state index in [9.17, 15) is 19.2 Å². The third-order valence-electron chi connectivity index (χ3n) is 5.28. The van der Waals surface area contributed by atoms with Crippen molar-refractivity contribution in [2.45, 2.75) is 57.4 Å². The number of esters is 1. The number of imide groups is 1. The number of amides is 4. The van der Waals surface area contributed by atoms with E-state index < -0.39 is 36.0 Å². The van der Waals surface area contributed by atoms with Crippen molar-refractivity contribution < 1.29 is 28.7 Å². The predicted molar refractivity (Wildman–Crippen MR) is 106 cm³/mol. The standard InChI is InChI=1S/C21H27N3O6/c1-15-7-9-16(10-8-15)29-13-5-6-18(26)30-14-17(25)23-24-19(27)21(22-20(24)28)11-3-2-4-12-21/h7-10H,2-6,11-14H2,1H3,(H,22,28)(H,23,25). The minimum atomic E-state index is -0.920. The van der Waals surface area contributed by atoms with Gasteiger partial charge in [0.15, 0.2) is 6.61 Å². The summed E-state index contributed by atoms with van der Waals surface area (Å²) in [6, 6.07) is 6.92. The average Bonchev–Trinajstić information content (AvgIpc) is 2.95. The molecule has 0 atom stereocenters. The van der Waals surface area contributed by atoms with Crippen molar-refractivity contribution in [2.24, 2.45) is 0 Å². The molecule has 30 heavy (non-hydrogen) atoms. The van der Waals surface area contributed by atoms with Crippen LogP contribution in [0, 0.1) is 6.92 Å². The van der Waals surface area contributed by atoms with Gasteiger partial charge in [-0.2, -0.15) is 5.01 Å². The number of hydrazine groups is 1. The third kappa shape index (κ3) is 5.28. The fourth-order valence-electron chi connectivity index (χ4n) is 3.63. The van der Waals surface area contributed by atoms with Crippen LogP contribution in [-0.4, -0.2) is 47.6 Å². The van der Waals surface area contributed by atoms with Gasteiger partial charge in [0.05, 0.1) is 6.61 Å². The summed E-state index contributed by atoms with van der Waals surface area (Å²) >= 11 is 0. The van der Waals surface area contributed by atoms with E-state index in [2.05, 4.69) is 10.7 Å². The second kappa shape index (κ2) is 9.60. The zero-order chi connectivity index (χ0) is 21.6. The molecule has 9 heteroatoms. The maximum absolute atomic E-state index is 12.6. The Balaban J connectivity index is 1.35. The highest BCUT2D eigenvalue weighted by Gasteiger charge is 2.52. The Morgan fingerprint density at radius 2 is 1.83 bits per heavy atom. The molecule has 0 unspecified atom stereocenters. The predicted octanol–water partition coefficient (Wildman–Crippen LogP) is 1.98. The molecule has 3 rings (SSSR count). The van der Waals surface area contributed by atoms with Crippen molar-refractivity contribution in [2.75, 3.05) is 13.2 Å². The average molecular weight is 417 g/mol. The number of nitrogens with one attached hydrogen (secondary N) is 2. The van der Waals surface area contributed by atoms with Crippen molar-refractivity contribution in [1.29, 1.82) is 0 Å². The highest BCUT2D eigenvalue weighted by atomic mass is 16.5. The maximum atomic E-state index is 12.6. The number of nitrogens with zero attached hydrogens (tertiary/aromatic N) is 1. The van der Waals surface area contributed by atoms with E-state index in [-0.39, 0.29) is 6.42 Å². The van der Waals surface area contributed by atoms with Crippen LogP contribution in [0.2, 0.25) is 0 Å². The zero-order valence-corrected chi connectivity index (χ0v) is 17.1. The summed E-state index contributed by atoms with van der Waals surface area (Å²) in [6.07, 6.45) is 4.35. The fraction of sp³-hybridized carbons (Fsp3) is 0.524.